The van der Waals surface area contributed by atoms with Crippen molar-refractivity contribution in [1.29, 1.82) is 0 Å². The van der Waals surface area contributed by atoms with Crippen LogP contribution in [-0.2, 0) is 15.1 Å². The summed E-state index contributed by atoms with van der Waals surface area (Å²) >= 11 is 0. The predicted molar refractivity (Wildman–Crippen MR) is 125 cm³/mol. The van der Waals surface area contributed by atoms with Gasteiger partial charge in [-0.15, -0.1) is 0 Å². The monoisotopic (exact) mass is 459 g/mol. The molecule has 1 aliphatic rings. The molecule has 0 aliphatic carbocycles. The summed E-state index contributed by atoms with van der Waals surface area (Å²) in [5.41, 5.74) is -0.0215. The van der Waals surface area contributed by atoms with Gasteiger partial charge in [0.05, 0.1) is 6.61 Å². The smallest absolute Gasteiger partial charge is 0.305 e. The van der Waals surface area contributed by atoms with Crippen molar-refractivity contribution in [1.82, 2.24) is 4.90 Å². The van der Waals surface area contributed by atoms with E-state index < -0.39 is 5.60 Å². The van der Waals surface area contributed by atoms with Crippen LogP contribution in [0.3, 0.4) is 0 Å². The van der Waals surface area contributed by atoms with Gasteiger partial charge in [0.15, 0.2) is 0 Å². The Morgan fingerprint density at radius 1 is 0.939 bits per heavy atom. The highest BCUT2D eigenvalue weighted by Gasteiger charge is 2.41. The van der Waals surface area contributed by atoms with Gasteiger partial charge in [-0.25, -0.2) is 8.78 Å². The van der Waals surface area contributed by atoms with E-state index in [2.05, 4.69) is 4.90 Å². The first kappa shape index (κ1) is 25.3. The first-order valence-electron chi connectivity index (χ1n) is 12.1. The zero-order valence-corrected chi connectivity index (χ0v) is 19.4. The minimum Gasteiger partial charge on any atom is -0.466 e. The zero-order valence-electron chi connectivity index (χ0n) is 19.4. The van der Waals surface area contributed by atoms with E-state index in [1.807, 2.05) is 6.92 Å². The average Bonchev–Trinajstić information content (AvgIpc) is 2.82. The molecular weight excluding hydrogens is 424 g/mol. The lowest BCUT2D eigenvalue weighted by Gasteiger charge is -2.42. The molecule has 0 unspecified atom stereocenters. The molecule has 4 nitrogen and oxygen atoms in total. The Morgan fingerprint density at radius 2 is 1.45 bits per heavy atom. The largest absolute Gasteiger partial charge is 0.466 e. The summed E-state index contributed by atoms with van der Waals surface area (Å²) in [4.78, 5) is 13.8. The third-order valence-corrected chi connectivity index (χ3v) is 6.66. The summed E-state index contributed by atoms with van der Waals surface area (Å²) in [6.45, 7) is 5.00. The molecule has 2 aromatic carbocycles. The Hall–Kier alpha value is -2.31. The normalized spacial score (nSPS) is 15.5. The molecule has 0 aromatic heterocycles. The number of nitrogens with zero attached hydrogens (tertiary/aromatic N) is 1. The maximum absolute atomic E-state index is 13.5. The van der Waals surface area contributed by atoms with E-state index in [0.29, 0.717) is 24.2 Å². The standard InChI is InChI=1S/C27H35F2NO3/c1-2-33-26(31)7-5-3-4-6-18-30-19-16-23(17-20-30)27(32,21-8-12-24(28)13-9-21)22-10-14-25(29)15-11-22/h8-15,23,32H,2-7,16-20H2,1H3. The molecule has 180 valence electrons. The molecule has 6 heteroatoms. The lowest BCUT2D eigenvalue weighted by Crippen LogP contribution is -2.44. The number of hydrogen-bond acceptors (Lipinski definition) is 4. The lowest BCUT2D eigenvalue weighted by atomic mass is 9.72. The van der Waals surface area contributed by atoms with E-state index >= 15 is 0 Å². The number of rotatable bonds is 11. The Bertz CT molecular complexity index is 816. The molecule has 1 aliphatic heterocycles. The van der Waals surface area contributed by atoms with Crippen molar-refractivity contribution in [3.63, 3.8) is 0 Å². The Balaban J connectivity index is 1.54. The number of esters is 1. The van der Waals surface area contributed by atoms with Crippen LogP contribution in [0.25, 0.3) is 0 Å². The number of carbonyl (C=O) groups is 1. The number of likely N-dealkylation sites (tertiary alicyclic amines) is 1. The van der Waals surface area contributed by atoms with Gasteiger partial charge in [-0.1, -0.05) is 37.1 Å². The van der Waals surface area contributed by atoms with Crippen LogP contribution in [0.2, 0.25) is 0 Å². The predicted octanol–water partition coefficient (Wildman–Crippen LogP) is 5.43. The first-order chi connectivity index (χ1) is 15.9. The Kier molecular flexibility index (Phi) is 9.39. The quantitative estimate of drug-likeness (QED) is 0.360. The van der Waals surface area contributed by atoms with Crippen molar-refractivity contribution in [2.45, 2.75) is 57.5 Å². The molecule has 1 saturated heterocycles. The third kappa shape index (κ3) is 6.84. The molecule has 1 heterocycles. The van der Waals surface area contributed by atoms with Crippen molar-refractivity contribution in [3.8, 4) is 0 Å². The molecule has 33 heavy (non-hydrogen) atoms. The summed E-state index contributed by atoms with van der Waals surface area (Å²) < 4.78 is 32.0. The van der Waals surface area contributed by atoms with E-state index in [4.69, 9.17) is 4.74 Å². The summed E-state index contributed by atoms with van der Waals surface area (Å²) in [6.07, 6.45) is 6.13. The van der Waals surface area contributed by atoms with Gasteiger partial charge in [-0.05, 0) is 93.6 Å². The summed E-state index contributed by atoms with van der Waals surface area (Å²) in [6, 6.07) is 12.0. The maximum Gasteiger partial charge on any atom is 0.305 e. The van der Waals surface area contributed by atoms with Crippen LogP contribution in [0.15, 0.2) is 48.5 Å². The molecule has 2 aromatic rings. The maximum atomic E-state index is 13.5. The van der Waals surface area contributed by atoms with Crippen LogP contribution >= 0.6 is 0 Å². The third-order valence-electron chi connectivity index (χ3n) is 6.66. The highest BCUT2D eigenvalue weighted by Crippen LogP contribution is 2.42. The first-order valence-corrected chi connectivity index (χ1v) is 12.1. The topological polar surface area (TPSA) is 49.8 Å². The number of hydrogen-bond donors (Lipinski definition) is 1. The molecule has 0 amide bonds. The second-order valence-electron chi connectivity index (χ2n) is 8.87. The summed E-state index contributed by atoms with van der Waals surface area (Å²) in [7, 11) is 0. The van der Waals surface area contributed by atoms with Crippen LogP contribution in [0, 0.1) is 17.6 Å². The highest BCUT2D eigenvalue weighted by atomic mass is 19.1. The minimum atomic E-state index is -1.29. The van der Waals surface area contributed by atoms with Gasteiger partial charge in [0.25, 0.3) is 0 Å². The number of piperidine rings is 1. The van der Waals surface area contributed by atoms with Gasteiger partial charge < -0.3 is 14.7 Å². The average molecular weight is 460 g/mol. The molecule has 0 radical (unpaired) electrons. The van der Waals surface area contributed by atoms with Gasteiger partial charge in [-0.2, -0.15) is 0 Å². The fraction of sp³-hybridized carbons (Fsp3) is 0.519. The van der Waals surface area contributed by atoms with Crippen molar-refractivity contribution in [2.24, 2.45) is 5.92 Å². The summed E-state index contributed by atoms with van der Waals surface area (Å²) in [5.74, 6) is -0.863. The van der Waals surface area contributed by atoms with E-state index in [-0.39, 0.29) is 23.5 Å². The van der Waals surface area contributed by atoms with Crippen LogP contribution in [-0.4, -0.2) is 42.2 Å². The Morgan fingerprint density at radius 3 is 1.97 bits per heavy atom. The SMILES string of the molecule is CCOC(=O)CCCCCCN1CCC(C(O)(c2ccc(F)cc2)c2ccc(F)cc2)CC1. The number of halogens is 2. The second-order valence-corrected chi connectivity index (χ2v) is 8.87. The number of ether oxygens (including phenoxy) is 1. The molecule has 0 spiro atoms. The second kappa shape index (κ2) is 12.2. The van der Waals surface area contributed by atoms with E-state index in [0.717, 1.165) is 58.2 Å². The van der Waals surface area contributed by atoms with Crippen molar-refractivity contribution >= 4 is 5.97 Å². The van der Waals surface area contributed by atoms with Gasteiger partial charge in [-0.3, -0.25) is 4.79 Å². The van der Waals surface area contributed by atoms with Gasteiger partial charge in [0, 0.05) is 6.42 Å². The molecule has 0 bridgehead atoms. The zero-order chi connectivity index (χ0) is 23.7. The van der Waals surface area contributed by atoms with Crippen molar-refractivity contribution in [3.05, 3.63) is 71.3 Å². The molecule has 1 N–H and O–H groups in total. The number of aliphatic hydroxyl groups is 1. The number of carbonyl (C=O) groups excluding carboxylic acids is 1. The van der Waals surface area contributed by atoms with Crippen LogP contribution in [0.4, 0.5) is 8.78 Å². The van der Waals surface area contributed by atoms with Crippen molar-refractivity contribution in [2.75, 3.05) is 26.2 Å². The van der Waals surface area contributed by atoms with Crippen molar-refractivity contribution < 1.29 is 23.4 Å². The Labute approximate surface area is 195 Å². The molecule has 1 fully saturated rings. The van der Waals surface area contributed by atoms with Gasteiger partial charge in [0.2, 0.25) is 0 Å². The van der Waals surface area contributed by atoms with E-state index in [9.17, 15) is 18.7 Å². The van der Waals surface area contributed by atoms with E-state index in [1.54, 1.807) is 24.3 Å². The van der Waals surface area contributed by atoms with Gasteiger partial charge in [0.1, 0.15) is 17.2 Å². The fourth-order valence-electron chi connectivity index (χ4n) is 4.81. The van der Waals surface area contributed by atoms with Crippen LogP contribution in [0.5, 0.6) is 0 Å². The van der Waals surface area contributed by atoms with Crippen LogP contribution < -0.4 is 0 Å². The van der Waals surface area contributed by atoms with Crippen LogP contribution in [0.1, 0.15) is 63.0 Å². The number of benzene rings is 2. The molecular formula is C27H35F2NO3. The minimum absolute atomic E-state index is 0.0470. The fourth-order valence-corrected chi connectivity index (χ4v) is 4.81. The molecule has 0 saturated carbocycles. The highest BCUT2D eigenvalue weighted by molar-refractivity contribution is 5.69. The van der Waals surface area contributed by atoms with Gasteiger partial charge >= 0.3 is 5.97 Å². The lowest BCUT2D eigenvalue weighted by molar-refractivity contribution is -0.143. The van der Waals surface area contributed by atoms with E-state index in [1.165, 1.54) is 24.3 Å². The molecule has 0 atom stereocenters. The summed E-state index contributed by atoms with van der Waals surface area (Å²) in [5, 5.41) is 11.9. The number of unbranched alkanes of at least 4 members (excludes halogenated alkanes) is 3. The molecule has 3 rings (SSSR count).